The second-order valence-corrected chi connectivity index (χ2v) is 7.66. The van der Waals surface area contributed by atoms with Crippen LogP contribution in [0.5, 0.6) is 5.75 Å². The predicted octanol–water partition coefficient (Wildman–Crippen LogP) is 3.72. The molecule has 4 heteroatoms. The van der Waals surface area contributed by atoms with Gasteiger partial charge < -0.3 is 15.0 Å². The van der Waals surface area contributed by atoms with Crippen molar-refractivity contribution in [3.63, 3.8) is 0 Å². The molecule has 1 amide bonds. The van der Waals surface area contributed by atoms with E-state index >= 15 is 0 Å². The molecule has 2 aliphatic rings. The number of hydrogen-bond acceptors (Lipinski definition) is 3. The molecule has 0 atom stereocenters. The highest BCUT2D eigenvalue weighted by molar-refractivity contribution is 5.78. The molecule has 0 unspecified atom stereocenters. The lowest BCUT2D eigenvalue weighted by atomic mass is 10.0. The first-order chi connectivity index (χ1) is 13.3. The van der Waals surface area contributed by atoms with Gasteiger partial charge in [-0.3, -0.25) is 4.79 Å². The molecular weight excluding hydrogens is 336 g/mol. The molecule has 1 saturated heterocycles. The quantitative estimate of drug-likeness (QED) is 0.814. The van der Waals surface area contributed by atoms with Crippen LogP contribution in [0.15, 0.2) is 54.6 Å². The Kier molecular flexibility index (Phi) is 5.73. The highest BCUT2D eigenvalue weighted by Crippen LogP contribution is 2.30. The third-order valence-corrected chi connectivity index (χ3v) is 5.56. The topological polar surface area (TPSA) is 41.6 Å². The Morgan fingerprint density at radius 1 is 0.963 bits per heavy atom. The van der Waals surface area contributed by atoms with Gasteiger partial charge in [-0.1, -0.05) is 48.5 Å². The van der Waals surface area contributed by atoms with Crippen molar-refractivity contribution in [1.29, 1.82) is 0 Å². The van der Waals surface area contributed by atoms with E-state index in [0.717, 1.165) is 55.3 Å². The Morgan fingerprint density at radius 2 is 1.67 bits per heavy atom. The third-order valence-electron chi connectivity index (χ3n) is 5.56. The highest BCUT2D eigenvalue weighted by atomic mass is 16.5. The lowest BCUT2D eigenvalue weighted by Crippen LogP contribution is -2.46. The average molecular weight is 364 g/mol. The highest BCUT2D eigenvalue weighted by Gasteiger charge is 2.26. The second-order valence-electron chi connectivity index (χ2n) is 7.66. The summed E-state index contributed by atoms with van der Waals surface area (Å²) in [4.78, 5) is 14.5. The summed E-state index contributed by atoms with van der Waals surface area (Å²) in [6.07, 6.45) is 4.84. The van der Waals surface area contributed by atoms with E-state index in [1.54, 1.807) is 0 Å². The first kappa shape index (κ1) is 18.1. The third kappa shape index (κ3) is 4.89. The summed E-state index contributed by atoms with van der Waals surface area (Å²) in [6, 6.07) is 18.6. The van der Waals surface area contributed by atoms with Crippen LogP contribution in [0, 0.1) is 5.92 Å². The van der Waals surface area contributed by atoms with Crippen LogP contribution in [-0.4, -0.2) is 43.1 Å². The second kappa shape index (κ2) is 8.57. The molecule has 4 rings (SSSR count). The minimum atomic E-state index is 0.0820. The van der Waals surface area contributed by atoms with Gasteiger partial charge in [0, 0.05) is 24.7 Å². The number of amides is 1. The predicted molar refractivity (Wildman–Crippen MR) is 108 cm³/mol. The molecule has 2 aromatic rings. The Labute approximate surface area is 161 Å². The zero-order chi connectivity index (χ0) is 18.5. The van der Waals surface area contributed by atoms with Crippen LogP contribution in [0.3, 0.4) is 0 Å². The van der Waals surface area contributed by atoms with E-state index in [9.17, 15) is 4.79 Å². The fourth-order valence-corrected chi connectivity index (χ4v) is 3.67. The maximum Gasteiger partial charge on any atom is 0.260 e. The smallest absolute Gasteiger partial charge is 0.260 e. The standard InChI is InChI=1S/C23H28N2O2/c26-23(25-14-12-20(13-15-25)24-16-18-10-11-18)17-27-22-9-5-4-8-21(22)19-6-2-1-3-7-19/h1-9,18,20,24H,10-17H2. The summed E-state index contributed by atoms with van der Waals surface area (Å²) in [6.45, 7) is 2.90. The van der Waals surface area contributed by atoms with Crippen molar-refractivity contribution in [2.45, 2.75) is 31.7 Å². The maximum atomic E-state index is 12.6. The van der Waals surface area contributed by atoms with Gasteiger partial charge in [0.25, 0.3) is 5.91 Å². The molecule has 1 aliphatic heterocycles. The summed E-state index contributed by atoms with van der Waals surface area (Å²) >= 11 is 0. The van der Waals surface area contributed by atoms with Crippen LogP contribution >= 0.6 is 0 Å². The summed E-state index contributed by atoms with van der Waals surface area (Å²) in [7, 11) is 0. The maximum absolute atomic E-state index is 12.6. The average Bonchev–Trinajstić information content (AvgIpc) is 3.56. The van der Waals surface area contributed by atoms with Gasteiger partial charge >= 0.3 is 0 Å². The Bertz CT molecular complexity index is 750. The lowest BCUT2D eigenvalue weighted by Gasteiger charge is -2.32. The van der Waals surface area contributed by atoms with Crippen molar-refractivity contribution in [2.24, 2.45) is 5.92 Å². The number of piperidine rings is 1. The van der Waals surface area contributed by atoms with Crippen LogP contribution < -0.4 is 10.1 Å². The molecule has 1 saturated carbocycles. The lowest BCUT2D eigenvalue weighted by molar-refractivity contribution is -0.134. The van der Waals surface area contributed by atoms with Crippen molar-refractivity contribution in [1.82, 2.24) is 10.2 Å². The molecule has 0 radical (unpaired) electrons. The molecule has 2 fully saturated rings. The van der Waals surface area contributed by atoms with E-state index in [1.165, 1.54) is 12.8 Å². The zero-order valence-electron chi connectivity index (χ0n) is 15.8. The van der Waals surface area contributed by atoms with Crippen molar-refractivity contribution in [3.8, 4) is 16.9 Å². The number of rotatable bonds is 7. The number of nitrogens with zero attached hydrogens (tertiary/aromatic N) is 1. The Balaban J connectivity index is 1.28. The molecule has 27 heavy (non-hydrogen) atoms. The Morgan fingerprint density at radius 3 is 2.41 bits per heavy atom. The summed E-state index contributed by atoms with van der Waals surface area (Å²) < 4.78 is 5.91. The zero-order valence-corrected chi connectivity index (χ0v) is 15.8. The number of nitrogens with one attached hydrogen (secondary N) is 1. The van der Waals surface area contributed by atoms with E-state index in [4.69, 9.17) is 4.74 Å². The SMILES string of the molecule is O=C(COc1ccccc1-c1ccccc1)N1CCC(NCC2CC2)CC1. The summed E-state index contributed by atoms with van der Waals surface area (Å²) in [5.74, 6) is 1.75. The number of para-hydroxylation sites is 1. The number of carbonyl (C=O) groups is 1. The van der Waals surface area contributed by atoms with Crippen molar-refractivity contribution >= 4 is 5.91 Å². The van der Waals surface area contributed by atoms with Gasteiger partial charge in [-0.25, -0.2) is 0 Å². The fourth-order valence-electron chi connectivity index (χ4n) is 3.67. The van der Waals surface area contributed by atoms with Crippen LogP contribution in [0.2, 0.25) is 0 Å². The van der Waals surface area contributed by atoms with E-state index in [0.29, 0.717) is 6.04 Å². The Hall–Kier alpha value is -2.33. The number of hydrogen-bond donors (Lipinski definition) is 1. The van der Waals surface area contributed by atoms with Crippen LogP contribution in [0.25, 0.3) is 11.1 Å². The molecule has 2 aromatic carbocycles. The molecule has 0 bridgehead atoms. The van der Waals surface area contributed by atoms with Crippen molar-refractivity contribution in [3.05, 3.63) is 54.6 Å². The van der Waals surface area contributed by atoms with Crippen LogP contribution in [0.1, 0.15) is 25.7 Å². The monoisotopic (exact) mass is 364 g/mol. The normalized spacial score (nSPS) is 17.7. The van der Waals surface area contributed by atoms with Gasteiger partial charge in [0.1, 0.15) is 5.75 Å². The summed E-state index contributed by atoms with van der Waals surface area (Å²) in [5, 5.41) is 3.66. The minimum absolute atomic E-state index is 0.0820. The van der Waals surface area contributed by atoms with Gasteiger partial charge in [0.2, 0.25) is 0 Å². The number of ether oxygens (including phenoxy) is 1. The first-order valence-corrected chi connectivity index (χ1v) is 10.1. The fraction of sp³-hybridized carbons (Fsp3) is 0.435. The minimum Gasteiger partial charge on any atom is -0.483 e. The van der Waals surface area contributed by atoms with E-state index in [-0.39, 0.29) is 12.5 Å². The van der Waals surface area contributed by atoms with Crippen molar-refractivity contribution in [2.75, 3.05) is 26.2 Å². The van der Waals surface area contributed by atoms with E-state index in [2.05, 4.69) is 17.4 Å². The van der Waals surface area contributed by atoms with Crippen molar-refractivity contribution < 1.29 is 9.53 Å². The van der Waals surface area contributed by atoms with Gasteiger partial charge in [-0.15, -0.1) is 0 Å². The molecule has 1 heterocycles. The number of carbonyl (C=O) groups excluding carboxylic acids is 1. The van der Waals surface area contributed by atoms with Gasteiger partial charge in [0.05, 0.1) is 0 Å². The number of benzene rings is 2. The molecular formula is C23H28N2O2. The van der Waals surface area contributed by atoms with E-state index in [1.807, 2.05) is 47.4 Å². The van der Waals surface area contributed by atoms with E-state index < -0.39 is 0 Å². The van der Waals surface area contributed by atoms with Gasteiger partial charge in [0.15, 0.2) is 6.61 Å². The molecule has 1 N–H and O–H groups in total. The first-order valence-electron chi connectivity index (χ1n) is 10.1. The van der Waals surface area contributed by atoms with Crippen LogP contribution in [0.4, 0.5) is 0 Å². The molecule has 0 aromatic heterocycles. The van der Waals surface area contributed by atoms with Gasteiger partial charge in [-0.2, -0.15) is 0 Å². The van der Waals surface area contributed by atoms with Gasteiger partial charge in [-0.05, 0) is 49.8 Å². The number of likely N-dealkylation sites (tertiary alicyclic amines) is 1. The largest absolute Gasteiger partial charge is 0.483 e. The molecule has 4 nitrogen and oxygen atoms in total. The van der Waals surface area contributed by atoms with Crippen LogP contribution in [-0.2, 0) is 4.79 Å². The molecule has 1 aliphatic carbocycles. The summed E-state index contributed by atoms with van der Waals surface area (Å²) in [5.41, 5.74) is 2.12. The molecule has 142 valence electrons. The molecule has 0 spiro atoms.